The summed E-state index contributed by atoms with van der Waals surface area (Å²) in [6, 6.07) is 0. The standard InChI is InChI=1S/C15H19N7OS/c1-5-6-12-17-19-20-22(12)7-11-8-24-14(16-11)13-9(2)10(3)18-21(4)15(13)23/h8H,5-7H2,1-4H3. The third-order valence-corrected chi connectivity index (χ3v) is 4.79. The third kappa shape index (κ3) is 2.99. The van der Waals surface area contributed by atoms with Crippen LogP contribution < -0.4 is 5.56 Å². The molecule has 0 spiro atoms. The van der Waals surface area contributed by atoms with E-state index < -0.39 is 0 Å². The Morgan fingerprint density at radius 3 is 2.83 bits per heavy atom. The maximum absolute atomic E-state index is 12.4. The fourth-order valence-corrected chi connectivity index (χ4v) is 3.40. The Morgan fingerprint density at radius 1 is 1.29 bits per heavy atom. The van der Waals surface area contributed by atoms with E-state index in [1.165, 1.54) is 16.0 Å². The fraction of sp³-hybridized carbons (Fsp3) is 0.467. The van der Waals surface area contributed by atoms with E-state index in [-0.39, 0.29) is 5.56 Å². The van der Waals surface area contributed by atoms with Crippen molar-refractivity contribution in [3.05, 3.63) is 38.5 Å². The van der Waals surface area contributed by atoms with Gasteiger partial charge in [-0.1, -0.05) is 6.92 Å². The number of thiazole rings is 1. The molecule has 3 aromatic rings. The first-order valence-corrected chi connectivity index (χ1v) is 8.63. The van der Waals surface area contributed by atoms with Gasteiger partial charge in [0, 0.05) is 18.8 Å². The van der Waals surface area contributed by atoms with E-state index in [4.69, 9.17) is 0 Å². The Balaban J connectivity index is 1.95. The molecule has 3 rings (SSSR count). The smallest absolute Gasteiger partial charge is 0.267 e. The molecule has 8 nitrogen and oxygen atoms in total. The topological polar surface area (TPSA) is 91.4 Å². The minimum atomic E-state index is -0.131. The van der Waals surface area contributed by atoms with Crippen molar-refractivity contribution < 1.29 is 0 Å². The second-order valence-corrected chi connectivity index (χ2v) is 6.52. The average Bonchev–Trinajstić information content (AvgIpc) is 3.17. The summed E-state index contributed by atoms with van der Waals surface area (Å²) in [6.45, 7) is 6.39. The van der Waals surface area contributed by atoms with Crippen molar-refractivity contribution in [1.82, 2.24) is 35.0 Å². The third-order valence-electron chi connectivity index (χ3n) is 3.88. The Hall–Kier alpha value is -2.42. The van der Waals surface area contributed by atoms with Crippen LogP contribution in [0.2, 0.25) is 0 Å². The molecule has 3 heterocycles. The normalized spacial score (nSPS) is 11.2. The molecule has 0 aliphatic rings. The van der Waals surface area contributed by atoms with E-state index in [1.807, 2.05) is 19.2 Å². The first kappa shape index (κ1) is 16.4. The monoisotopic (exact) mass is 345 g/mol. The maximum atomic E-state index is 12.4. The minimum absolute atomic E-state index is 0.131. The first-order valence-electron chi connectivity index (χ1n) is 7.75. The molecule has 0 aliphatic carbocycles. The summed E-state index contributed by atoms with van der Waals surface area (Å²) in [5, 5.41) is 18.6. The zero-order valence-corrected chi connectivity index (χ0v) is 15.0. The molecule has 0 aromatic carbocycles. The van der Waals surface area contributed by atoms with Crippen LogP contribution in [0.15, 0.2) is 10.2 Å². The molecule has 0 bridgehead atoms. The summed E-state index contributed by atoms with van der Waals surface area (Å²) < 4.78 is 3.12. The lowest BCUT2D eigenvalue weighted by molar-refractivity contribution is 0.606. The van der Waals surface area contributed by atoms with Crippen molar-refractivity contribution in [3.63, 3.8) is 0 Å². The number of rotatable bonds is 5. The summed E-state index contributed by atoms with van der Waals surface area (Å²) >= 11 is 1.46. The molecule has 0 amide bonds. The fourth-order valence-electron chi connectivity index (χ4n) is 2.50. The van der Waals surface area contributed by atoms with Crippen LogP contribution in [0.3, 0.4) is 0 Å². The van der Waals surface area contributed by atoms with Crippen LogP contribution in [0, 0.1) is 13.8 Å². The van der Waals surface area contributed by atoms with Crippen LogP contribution in [0.1, 0.15) is 36.1 Å². The number of hydrogen-bond acceptors (Lipinski definition) is 7. The first-order chi connectivity index (χ1) is 11.5. The van der Waals surface area contributed by atoms with Gasteiger partial charge in [0.05, 0.1) is 23.5 Å². The van der Waals surface area contributed by atoms with Gasteiger partial charge in [-0.2, -0.15) is 5.10 Å². The van der Waals surface area contributed by atoms with Crippen molar-refractivity contribution in [2.24, 2.45) is 7.05 Å². The number of hydrogen-bond donors (Lipinski definition) is 0. The zero-order chi connectivity index (χ0) is 17.3. The quantitative estimate of drug-likeness (QED) is 0.696. The molecule has 9 heteroatoms. The van der Waals surface area contributed by atoms with Gasteiger partial charge < -0.3 is 0 Å². The molecular weight excluding hydrogens is 326 g/mol. The van der Waals surface area contributed by atoms with E-state index in [0.717, 1.165) is 35.6 Å². The van der Waals surface area contributed by atoms with Crippen LogP contribution in [0.25, 0.3) is 10.6 Å². The Bertz CT molecular complexity index is 924. The molecule has 3 aromatic heterocycles. The van der Waals surface area contributed by atoms with Crippen LogP contribution in [-0.2, 0) is 20.0 Å². The molecule has 0 unspecified atom stereocenters. The molecule has 24 heavy (non-hydrogen) atoms. The molecule has 0 fully saturated rings. The number of aryl methyl sites for hydroxylation is 3. The van der Waals surface area contributed by atoms with Crippen LogP contribution in [0.5, 0.6) is 0 Å². The Kier molecular flexibility index (Phi) is 4.52. The van der Waals surface area contributed by atoms with Crippen molar-refractivity contribution in [3.8, 4) is 10.6 Å². The highest BCUT2D eigenvalue weighted by molar-refractivity contribution is 7.13. The number of nitrogens with zero attached hydrogens (tertiary/aromatic N) is 7. The van der Waals surface area contributed by atoms with Gasteiger partial charge >= 0.3 is 0 Å². The van der Waals surface area contributed by atoms with E-state index in [2.05, 4.69) is 32.5 Å². The molecule has 0 radical (unpaired) electrons. The van der Waals surface area contributed by atoms with Crippen molar-refractivity contribution >= 4 is 11.3 Å². The Morgan fingerprint density at radius 2 is 2.08 bits per heavy atom. The lowest BCUT2D eigenvalue weighted by Crippen LogP contribution is -2.23. The molecule has 0 atom stereocenters. The highest BCUT2D eigenvalue weighted by Crippen LogP contribution is 2.25. The van der Waals surface area contributed by atoms with E-state index in [9.17, 15) is 4.79 Å². The number of tetrazole rings is 1. The molecule has 0 saturated carbocycles. The van der Waals surface area contributed by atoms with Crippen molar-refractivity contribution in [2.75, 3.05) is 0 Å². The second kappa shape index (κ2) is 6.60. The largest absolute Gasteiger partial charge is 0.277 e. The predicted octanol–water partition coefficient (Wildman–Crippen LogP) is 1.51. The average molecular weight is 345 g/mol. The van der Waals surface area contributed by atoms with E-state index in [0.29, 0.717) is 17.1 Å². The van der Waals surface area contributed by atoms with Gasteiger partial charge in [-0.3, -0.25) is 4.79 Å². The van der Waals surface area contributed by atoms with Crippen LogP contribution in [0.4, 0.5) is 0 Å². The van der Waals surface area contributed by atoms with Crippen molar-refractivity contribution in [2.45, 2.75) is 40.2 Å². The summed E-state index contributed by atoms with van der Waals surface area (Å²) in [4.78, 5) is 17.1. The van der Waals surface area contributed by atoms with Gasteiger partial charge in [-0.05, 0) is 36.3 Å². The second-order valence-electron chi connectivity index (χ2n) is 5.66. The molecule has 126 valence electrons. The van der Waals surface area contributed by atoms with Gasteiger partial charge in [-0.15, -0.1) is 16.4 Å². The van der Waals surface area contributed by atoms with Crippen LogP contribution >= 0.6 is 11.3 Å². The lowest BCUT2D eigenvalue weighted by atomic mass is 10.1. The highest BCUT2D eigenvalue weighted by atomic mass is 32.1. The van der Waals surface area contributed by atoms with E-state index >= 15 is 0 Å². The van der Waals surface area contributed by atoms with Gasteiger partial charge in [0.2, 0.25) is 0 Å². The molecular formula is C15H19N7OS. The highest BCUT2D eigenvalue weighted by Gasteiger charge is 2.16. The molecule has 0 aliphatic heterocycles. The summed E-state index contributed by atoms with van der Waals surface area (Å²) in [5.41, 5.74) is 3.03. The molecule has 0 N–H and O–H groups in total. The SMILES string of the molecule is CCCc1nnnn1Cc1csc(-c2c(C)c(C)nn(C)c2=O)n1. The molecule has 0 saturated heterocycles. The van der Waals surface area contributed by atoms with Crippen molar-refractivity contribution in [1.29, 1.82) is 0 Å². The summed E-state index contributed by atoms with van der Waals surface area (Å²) in [5.74, 6) is 0.846. The van der Waals surface area contributed by atoms with Gasteiger partial charge in [0.15, 0.2) is 5.82 Å². The Labute approximate surface area is 143 Å². The van der Waals surface area contributed by atoms with Crippen LogP contribution in [-0.4, -0.2) is 35.0 Å². The zero-order valence-electron chi connectivity index (χ0n) is 14.1. The van der Waals surface area contributed by atoms with Gasteiger partial charge in [0.1, 0.15) is 5.01 Å². The van der Waals surface area contributed by atoms with Gasteiger partial charge in [0.25, 0.3) is 5.56 Å². The number of aromatic nitrogens is 7. The maximum Gasteiger partial charge on any atom is 0.277 e. The minimum Gasteiger partial charge on any atom is -0.267 e. The lowest BCUT2D eigenvalue weighted by Gasteiger charge is -2.07. The van der Waals surface area contributed by atoms with Gasteiger partial charge in [-0.25, -0.2) is 14.3 Å². The summed E-state index contributed by atoms with van der Waals surface area (Å²) in [7, 11) is 1.66. The van der Waals surface area contributed by atoms with E-state index in [1.54, 1.807) is 11.7 Å². The predicted molar refractivity (Wildman–Crippen MR) is 91.0 cm³/mol. The summed E-state index contributed by atoms with van der Waals surface area (Å²) in [6.07, 6.45) is 1.81.